The van der Waals surface area contributed by atoms with Gasteiger partial charge in [0.25, 0.3) is 0 Å². The summed E-state index contributed by atoms with van der Waals surface area (Å²) in [4.78, 5) is 12.7. The van der Waals surface area contributed by atoms with Crippen LogP contribution >= 0.6 is 0 Å². The van der Waals surface area contributed by atoms with Crippen molar-refractivity contribution >= 4 is 5.97 Å². The molecule has 6 heteroatoms. The van der Waals surface area contributed by atoms with E-state index in [1.165, 1.54) is 0 Å². The van der Waals surface area contributed by atoms with Gasteiger partial charge in [-0.1, -0.05) is 6.92 Å². The molecule has 0 atom stereocenters. The molecule has 1 N–H and O–H groups in total. The zero-order valence-corrected chi connectivity index (χ0v) is 12.2. The number of carboxylic acids is 1. The third kappa shape index (κ3) is 4.82. The molecule has 1 heterocycles. The smallest absolute Gasteiger partial charge is 0.317 e. The molecule has 0 bridgehead atoms. The summed E-state index contributed by atoms with van der Waals surface area (Å²) in [5.41, 5.74) is 0. The fourth-order valence-electron chi connectivity index (χ4n) is 2.22. The molecule has 1 aromatic rings. The molecule has 1 aliphatic rings. The van der Waals surface area contributed by atoms with Gasteiger partial charge in [0.05, 0.1) is 13.2 Å². The Kier molecular flexibility index (Phi) is 5.68. The van der Waals surface area contributed by atoms with Crippen molar-refractivity contribution in [1.29, 1.82) is 0 Å². The third-order valence-corrected chi connectivity index (χ3v) is 3.13. The largest absolute Gasteiger partial charge is 0.493 e. The Bertz CT molecular complexity index is 477. The topological polar surface area (TPSA) is 68.2 Å². The Morgan fingerprint density at radius 3 is 2.90 bits per heavy atom. The Morgan fingerprint density at radius 1 is 1.33 bits per heavy atom. The van der Waals surface area contributed by atoms with E-state index in [4.69, 9.17) is 19.3 Å². The van der Waals surface area contributed by atoms with Crippen LogP contribution in [0.2, 0.25) is 0 Å². The lowest BCUT2D eigenvalue weighted by atomic mass is 10.3. The van der Waals surface area contributed by atoms with Crippen molar-refractivity contribution in [2.45, 2.75) is 19.8 Å². The van der Waals surface area contributed by atoms with Gasteiger partial charge in [0.15, 0.2) is 11.5 Å². The molecule has 0 saturated heterocycles. The predicted molar refractivity (Wildman–Crippen MR) is 77.0 cm³/mol. The number of carbonyl (C=O) groups is 1. The molecular formula is C15H21NO5. The lowest BCUT2D eigenvalue weighted by Crippen LogP contribution is -2.32. The second-order valence-corrected chi connectivity index (χ2v) is 4.89. The van der Waals surface area contributed by atoms with Crippen LogP contribution in [0.5, 0.6) is 17.2 Å². The fourth-order valence-corrected chi connectivity index (χ4v) is 2.22. The van der Waals surface area contributed by atoms with Gasteiger partial charge in [0, 0.05) is 12.6 Å². The fraction of sp³-hybridized carbons (Fsp3) is 0.533. The summed E-state index contributed by atoms with van der Waals surface area (Å²) < 4.78 is 16.2. The molecule has 0 radical (unpaired) electrons. The van der Waals surface area contributed by atoms with Gasteiger partial charge in [-0.05, 0) is 31.5 Å². The number of benzene rings is 1. The van der Waals surface area contributed by atoms with E-state index in [9.17, 15) is 4.79 Å². The maximum Gasteiger partial charge on any atom is 0.317 e. The van der Waals surface area contributed by atoms with Crippen LogP contribution in [0.3, 0.4) is 0 Å². The summed E-state index contributed by atoms with van der Waals surface area (Å²) in [6, 6.07) is 5.48. The van der Waals surface area contributed by atoms with Crippen LogP contribution < -0.4 is 14.2 Å². The van der Waals surface area contributed by atoms with Crippen molar-refractivity contribution in [2.24, 2.45) is 0 Å². The molecule has 1 aliphatic heterocycles. The number of aliphatic carboxylic acids is 1. The van der Waals surface area contributed by atoms with Crippen molar-refractivity contribution in [3.05, 3.63) is 18.2 Å². The second kappa shape index (κ2) is 7.73. The maximum atomic E-state index is 10.7. The van der Waals surface area contributed by atoms with Gasteiger partial charge in [0.1, 0.15) is 5.75 Å². The Balaban J connectivity index is 1.72. The first-order valence-corrected chi connectivity index (χ1v) is 7.15. The summed E-state index contributed by atoms with van der Waals surface area (Å²) >= 11 is 0. The molecule has 116 valence electrons. The molecule has 6 nitrogen and oxygen atoms in total. The molecular weight excluding hydrogens is 274 g/mol. The number of nitrogens with zero attached hydrogens (tertiary/aromatic N) is 1. The Morgan fingerprint density at radius 2 is 2.14 bits per heavy atom. The quantitative estimate of drug-likeness (QED) is 0.703. The van der Waals surface area contributed by atoms with Crippen LogP contribution in [0.4, 0.5) is 0 Å². The summed E-state index contributed by atoms with van der Waals surface area (Å²) in [5, 5.41) is 8.84. The Labute approximate surface area is 124 Å². The Hall–Kier alpha value is -1.95. The molecule has 0 aliphatic carbocycles. The van der Waals surface area contributed by atoms with E-state index in [0.717, 1.165) is 30.9 Å². The summed E-state index contributed by atoms with van der Waals surface area (Å²) in [6.07, 6.45) is 1.72. The number of rotatable bonds is 9. The van der Waals surface area contributed by atoms with Crippen LogP contribution in [0, 0.1) is 0 Å². The first-order valence-electron chi connectivity index (χ1n) is 7.15. The molecule has 21 heavy (non-hydrogen) atoms. The van der Waals surface area contributed by atoms with Crippen LogP contribution in [-0.4, -0.2) is 49.0 Å². The molecule has 0 fully saturated rings. The summed E-state index contributed by atoms with van der Waals surface area (Å²) in [5.74, 6) is 1.38. The summed E-state index contributed by atoms with van der Waals surface area (Å²) in [7, 11) is 0. The highest BCUT2D eigenvalue weighted by atomic mass is 16.7. The highest BCUT2D eigenvalue weighted by Gasteiger charge is 2.13. The number of ether oxygens (including phenoxy) is 3. The highest BCUT2D eigenvalue weighted by Crippen LogP contribution is 2.35. The lowest BCUT2D eigenvalue weighted by molar-refractivity contribution is -0.138. The van der Waals surface area contributed by atoms with Gasteiger partial charge in [-0.3, -0.25) is 9.69 Å². The first-order chi connectivity index (χ1) is 10.2. The molecule has 0 unspecified atom stereocenters. The lowest BCUT2D eigenvalue weighted by Gasteiger charge is -2.19. The predicted octanol–water partition coefficient (Wildman–Crippen LogP) is 1.98. The SMILES string of the molecule is CCCN(CCCOc1ccc2c(c1)OCO2)CC(=O)O. The van der Waals surface area contributed by atoms with Gasteiger partial charge in [-0.2, -0.15) is 0 Å². The van der Waals surface area contributed by atoms with E-state index in [1.807, 2.05) is 30.0 Å². The zero-order chi connectivity index (χ0) is 15.1. The first kappa shape index (κ1) is 15.4. The minimum atomic E-state index is -0.792. The van der Waals surface area contributed by atoms with E-state index in [1.54, 1.807) is 0 Å². The van der Waals surface area contributed by atoms with Crippen LogP contribution in [0.1, 0.15) is 19.8 Å². The second-order valence-electron chi connectivity index (χ2n) is 4.89. The van der Waals surface area contributed by atoms with Gasteiger partial charge in [-0.25, -0.2) is 0 Å². The minimum absolute atomic E-state index is 0.0812. The van der Waals surface area contributed by atoms with Crippen molar-refractivity contribution in [3.63, 3.8) is 0 Å². The van der Waals surface area contributed by atoms with E-state index >= 15 is 0 Å². The van der Waals surface area contributed by atoms with Gasteiger partial charge in [-0.15, -0.1) is 0 Å². The monoisotopic (exact) mass is 295 g/mol. The average Bonchev–Trinajstić information content (AvgIpc) is 2.90. The average molecular weight is 295 g/mol. The van der Waals surface area contributed by atoms with E-state index in [0.29, 0.717) is 18.9 Å². The summed E-state index contributed by atoms with van der Waals surface area (Å²) in [6.45, 7) is 4.41. The van der Waals surface area contributed by atoms with E-state index in [-0.39, 0.29) is 13.3 Å². The third-order valence-electron chi connectivity index (χ3n) is 3.13. The van der Waals surface area contributed by atoms with Crippen LogP contribution in [0.25, 0.3) is 0 Å². The number of carboxylic acid groups (broad SMARTS) is 1. The number of hydrogen-bond donors (Lipinski definition) is 1. The minimum Gasteiger partial charge on any atom is -0.493 e. The molecule has 2 rings (SSSR count). The molecule has 1 aromatic carbocycles. The van der Waals surface area contributed by atoms with Gasteiger partial charge in [0.2, 0.25) is 6.79 Å². The molecule has 0 saturated carbocycles. The van der Waals surface area contributed by atoms with Gasteiger partial charge >= 0.3 is 5.97 Å². The molecule has 0 spiro atoms. The van der Waals surface area contributed by atoms with Crippen molar-refractivity contribution in [2.75, 3.05) is 33.0 Å². The standard InChI is InChI=1S/C15H21NO5/c1-2-6-16(10-15(17)18)7-3-8-19-12-4-5-13-14(9-12)21-11-20-13/h4-5,9H,2-3,6-8,10-11H2,1H3,(H,17,18). The maximum absolute atomic E-state index is 10.7. The van der Waals surface area contributed by atoms with Gasteiger partial charge < -0.3 is 19.3 Å². The van der Waals surface area contributed by atoms with Crippen molar-refractivity contribution < 1.29 is 24.1 Å². The zero-order valence-electron chi connectivity index (χ0n) is 12.2. The normalized spacial score (nSPS) is 12.7. The van der Waals surface area contributed by atoms with Crippen molar-refractivity contribution in [3.8, 4) is 17.2 Å². The van der Waals surface area contributed by atoms with E-state index in [2.05, 4.69) is 0 Å². The van der Waals surface area contributed by atoms with Crippen LogP contribution in [0.15, 0.2) is 18.2 Å². The highest BCUT2D eigenvalue weighted by molar-refractivity contribution is 5.69. The molecule has 0 amide bonds. The number of hydrogen-bond acceptors (Lipinski definition) is 5. The number of fused-ring (bicyclic) bond motifs is 1. The van der Waals surface area contributed by atoms with Crippen molar-refractivity contribution in [1.82, 2.24) is 4.90 Å². The van der Waals surface area contributed by atoms with Crippen LogP contribution in [-0.2, 0) is 4.79 Å². The van der Waals surface area contributed by atoms with E-state index < -0.39 is 5.97 Å². The molecule has 0 aromatic heterocycles.